The Morgan fingerprint density at radius 3 is 2.56 bits per heavy atom. The van der Waals surface area contributed by atoms with Gasteiger partial charge in [-0.15, -0.1) is 0 Å². The van der Waals surface area contributed by atoms with E-state index in [0.717, 1.165) is 6.54 Å². The Kier molecular flexibility index (Phi) is 4.64. The Hall–Kier alpha value is -1.88. The van der Waals surface area contributed by atoms with Crippen LogP contribution in [0.15, 0.2) is 71.7 Å². The number of rotatable bonds is 3. The maximum absolute atomic E-state index is 5.31. The predicted octanol–water partition coefficient (Wildman–Crippen LogP) is 6.02. The molecular formula is C24H23IN2. The zero-order valence-electron chi connectivity index (χ0n) is 15.3. The number of amidine groups is 1. The maximum atomic E-state index is 5.31. The molecule has 1 heterocycles. The second-order valence-corrected chi connectivity index (χ2v) is 8.79. The molecule has 1 fully saturated rings. The number of nitrogens with zero attached hydrogens (tertiary/aromatic N) is 2. The molecule has 0 bridgehead atoms. The van der Waals surface area contributed by atoms with Gasteiger partial charge in [0.1, 0.15) is 5.84 Å². The second kappa shape index (κ2) is 7.27. The smallest absolute Gasteiger partial charge is 0.133 e. The van der Waals surface area contributed by atoms with Crippen LogP contribution in [0.5, 0.6) is 0 Å². The molecule has 3 aromatic carbocycles. The summed E-state index contributed by atoms with van der Waals surface area (Å²) in [6.07, 6.45) is 5.11. The summed E-state index contributed by atoms with van der Waals surface area (Å²) in [7, 11) is 0. The molecule has 2 aliphatic rings. The van der Waals surface area contributed by atoms with Gasteiger partial charge in [-0.1, -0.05) is 73.5 Å². The van der Waals surface area contributed by atoms with E-state index in [4.69, 9.17) is 4.99 Å². The van der Waals surface area contributed by atoms with Crippen LogP contribution in [0.4, 0.5) is 0 Å². The normalized spacial score (nSPS) is 22.0. The van der Waals surface area contributed by atoms with Crippen LogP contribution in [0, 0.1) is 3.57 Å². The summed E-state index contributed by atoms with van der Waals surface area (Å²) in [6.45, 7) is 0.945. The minimum Gasteiger partial charge on any atom is -0.347 e. The molecule has 0 aromatic heterocycles. The third-order valence-electron chi connectivity index (χ3n) is 5.95. The van der Waals surface area contributed by atoms with E-state index in [-0.39, 0.29) is 0 Å². The van der Waals surface area contributed by atoms with Gasteiger partial charge in [0.05, 0.1) is 12.1 Å². The second-order valence-electron chi connectivity index (χ2n) is 7.63. The predicted molar refractivity (Wildman–Crippen MR) is 121 cm³/mol. The number of halogens is 1. The summed E-state index contributed by atoms with van der Waals surface area (Å²) in [5.41, 5.74) is 2.69. The van der Waals surface area contributed by atoms with Gasteiger partial charge >= 0.3 is 0 Å². The van der Waals surface area contributed by atoms with Crippen LogP contribution >= 0.6 is 22.6 Å². The van der Waals surface area contributed by atoms with Crippen LogP contribution < -0.4 is 0 Å². The van der Waals surface area contributed by atoms with Crippen molar-refractivity contribution in [1.82, 2.24) is 4.90 Å². The van der Waals surface area contributed by atoms with Gasteiger partial charge in [-0.3, -0.25) is 4.99 Å². The molecule has 1 aliphatic carbocycles. The van der Waals surface area contributed by atoms with Crippen LogP contribution in [0.1, 0.15) is 36.8 Å². The highest BCUT2D eigenvalue weighted by molar-refractivity contribution is 14.1. The standard InChI is InChI=1S/C24H23IN2/c25-20-15-14-18-10-4-5-11-19(18)23(20)24-26-21-12-6-7-13-22(21)27(24)16-17-8-2-1-3-9-17/h1-5,8-11,14-15,21-22H,6-7,12-13,16H2/t21-,22-/m1/s1. The Morgan fingerprint density at radius 1 is 0.889 bits per heavy atom. The van der Waals surface area contributed by atoms with E-state index in [2.05, 4.69) is 94.2 Å². The van der Waals surface area contributed by atoms with Crippen LogP contribution in [-0.2, 0) is 6.54 Å². The molecule has 3 aromatic rings. The topological polar surface area (TPSA) is 15.6 Å². The number of hydrogen-bond donors (Lipinski definition) is 0. The summed E-state index contributed by atoms with van der Waals surface area (Å²) in [5.74, 6) is 1.21. The first-order chi connectivity index (χ1) is 13.3. The molecule has 5 rings (SSSR count). The van der Waals surface area contributed by atoms with Crippen molar-refractivity contribution in [1.29, 1.82) is 0 Å². The molecule has 0 amide bonds. The summed E-state index contributed by atoms with van der Waals surface area (Å²) in [6, 6.07) is 25.0. The molecule has 0 saturated heterocycles. The van der Waals surface area contributed by atoms with Crippen molar-refractivity contribution < 1.29 is 0 Å². The molecule has 0 unspecified atom stereocenters. The highest BCUT2D eigenvalue weighted by Crippen LogP contribution is 2.36. The molecule has 2 nitrogen and oxygen atoms in total. The minimum absolute atomic E-state index is 0.451. The van der Waals surface area contributed by atoms with Gasteiger partial charge in [0.15, 0.2) is 0 Å². The Labute approximate surface area is 174 Å². The minimum atomic E-state index is 0.451. The van der Waals surface area contributed by atoms with Gasteiger partial charge < -0.3 is 4.90 Å². The van der Waals surface area contributed by atoms with Crippen molar-refractivity contribution in [3.05, 3.63) is 81.4 Å². The third-order valence-corrected chi connectivity index (χ3v) is 6.85. The van der Waals surface area contributed by atoms with Crippen LogP contribution in [0.3, 0.4) is 0 Å². The van der Waals surface area contributed by atoms with E-state index in [1.54, 1.807) is 0 Å². The Bertz CT molecular complexity index is 996. The Balaban J connectivity index is 1.63. The van der Waals surface area contributed by atoms with Crippen molar-refractivity contribution >= 4 is 39.2 Å². The molecule has 0 N–H and O–H groups in total. The van der Waals surface area contributed by atoms with Crippen molar-refractivity contribution in [2.24, 2.45) is 4.99 Å². The largest absolute Gasteiger partial charge is 0.347 e. The van der Waals surface area contributed by atoms with Gasteiger partial charge in [-0.2, -0.15) is 0 Å². The van der Waals surface area contributed by atoms with Crippen LogP contribution in [-0.4, -0.2) is 22.8 Å². The average Bonchev–Trinajstić information content (AvgIpc) is 3.07. The molecular weight excluding hydrogens is 443 g/mol. The number of hydrogen-bond acceptors (Lipinski definition) is 2. The van der Waals surface area contributed by atoms with Crippen molar-refractivity contribution in [3.63, 3.8) is 0 Å². The molecule has 1 aliphatic heterocycles. The highest BCUT2D eigenvalue weighted by Gasteiger charge is 2.38. The maximum Gasteiger partial charge on any atom is 0.133 e. The van der Waals surface area contributed by atoms with Crippen molar-refractivity contribution in [3.8, 4) is 0 Å². The van der Waals surface area contributed by atoms with Crippen molar-refractivity contribution in [2.75, 3.05) is 0 Å². The third kappa shape index (κ3) is 3.16. The number of benzene rings is 3. The zero-order chi connectivity index (χ0) is 18.2. The molecule has 1 saturated carbocycles. The SMILES string of the molecule is Ic1ccc2ccccc2c1C1=N[C@@H]2CCCC[C@H]2N1Cc1ccccc1. The van der Waals surface area contributed by atoms with E-state index in [9.17, 15) is 0 Å². The first-order valence-corrected chi connectivity index (χ1v) is 10.9. The van der Waals surface area contributed by atoms with Gasteiger partial charge in [0.25, 0.3) is 0 Å². The van der Waals surface area contributed by atoms with Gasteiger partial charge in [-0.25, -0.2) is 0 Å². The number of fused-ring (bicyclic) bond motifs is 2. The lowest BCUT2D eigenvalue weighted by Crippen LogP contribution is -2.41. The van der Waals surface area contributed by atoms with E-state index < -0.39 is 0 Å². The lowest BCUT2D eigenvalue weighted by molar-refractivity contribution is 0.240. The van der Waals surface area contributed by atoms with Crippen LogP contribution in [0.2, 0.25) is 0 Å². The lowest BCUT2D eigenvalue weighted by atomic mass is 9.90. The van der Waals surface area contributed by atoms with Gasteiger partial charge in [-0.05, 0) is 57.8 Å². The first-order valence-electron chi connectivity index (χ1n) is 9.87. The Morgan fingerprint density at radius 2 is 1.67 bits per heavy atom. The monoisotopic (exact) mass is 466 g/mol. The fourth-order valence-corrected chi connectivity index (χ4v) is 5.36. The molecule has 136 valence electrons. The fourth-order valence-electron chi connectivity index (χ4n) is 4.65. The summed E-state index contributed by atoms with van der Waals surface area (Å²) >= 11 is 2.49. The molecule has 0 spiro atoms. The first kappa shape index (κ1) is 17.2. The molecule has 2 atom stereocenters. The quantitative estimate of drug-likeness (QED) is 0.431. The van der Waals surface area contributed by atoms with E-state index in [1.807, 2.05) is 0 Å². The van der Waals surface area contributed by atoms with E-state index in [1.165, 1.54) is 57.0 Å². The molecule has 0 radical (unpaired) electrons. The van der Waals surface area contributed by atoms with Crippen LogP contribution in [0.25, 0.3) is 10.8 Å². The number of aliphatic imine (C=N–C) groups is 1. The van der Waals surface area contributed by atoms with E-state index in [0.29, 0.717) is 12.1 Å². The molecule has 3 heteroatoms. The average molecular weight is 466 g/mol. The van der Waals surface area contributed by atoms with E-state index >= 15 is 0 Å². The molecule has 27 heavy (non-hydrogen) atoms. The fraction of sp³-hybridized carbons (Fsp3) is 0.292. The lowest BCUT2D eigenvalue weighted by Gasteiger charge is -2.33. The van der Waals surface area contributed by atoms with Gasteiger partial charge in [0.2, 0.25) is 0 Å². The summed E-state index contributed by atoms with van der Waals surface area (Å²) < 4.78 is 1.29. The van der Waals surface area contributed by atoms with Crippen molar-refractivity contribution in [2.45, 2.75) is 44.3 Å². The highest BCUT2D eigenvalue weighted by atomic mass is 127. The summed E-state index contributed by atoms with van der Waals surface area (Å²) in [5, 5.41) is 2.62. The zero-order valence-corrected chi connectivity index (χ0v) is 17.5. The van der Waals surface area contributed by atoms with Gasteiger partial charge in [0, 0.05) is 15.7 Å². The summed E-state index contributed by atoms with van der Waals surface area (Å²) in [4.78, 5) is 7.91.